The molecule has 0 radical (unpaired) electrons. The van der Waals surface area contributed by atoms with E-state index in [1.54, 1.807) is 6.92 Å². The number of hydrogen-bond donors (Lipinski definition) is 1. The Kier molecular flexibility index (Phi) is 6.22. The van der Waals surface area contributed by atoms with Crippen LogP contribution < -0.4 is 0 Å². The van der Waals surface area contributed by atoms with E-state index >= 15 is 0 Å². The third kappa shape index (κ3) is 3.92. The summed E-state index contributed by atoms with van der Waals surface area (Å²) in [6.07, 6.45) is 1.47. The first-order valence-electron chi connectivity index (χ1n) is 5.18. The van der Waals surface area contributed by atoms with Crippen LogP contribution in [-0.2, 0) is 9.53 Å². The average molecular weight is 229 g/mol. The second kappa shape index (κ2) is 6.87. The first kappa shape index (κ1) is 14.5. The number of rotatable bonds is 6. The largest absolute Gasteiger partial charge is 0.480 e. The quantitative estimate of drug-likeness (QED) is 0.704. The van der Waals surface area contributed by atoms with Crippen molar-refractivity contribution in [2.24, 2.45) is 5.92 Å². The van der Waals surface area contributed by atoms with Crippen molar-refractivity contribution in [3.05, 3.63) is 12.7 Å². The first-order valence-corrected chi connectivity index (χ1v) is 5.18. The lowest BCUT2D eigenvalue weighted by Crippen LogP contribution is -2.46. The fourth-order valence-electron chi connectivity index (χ4n) is 1.36. The Morgan fingerprint density at radius 2 is 2.12 bits per heavy atom. The second-order valence-electron chi connectivity index (χ2n) is 3.65. The number of carboxylic acid groups (broad SMARTS) is 1. The van der Waals surface area contributed by atoms with Gasteiger partial charge in [0.25, 0.3) is 0 Å². The zero-order valence-electron chi connectivity index (χ0n) is 9.97. The van der Waals surface area contributed by atoms with Gasteiger partial charge in [0.1, 0.15) is 12.6 Å². The monoisotopic (exact) mass is 229 g/mol. The summed E-state index contributed by atoms with van der Waals surface area (Å²) in [6.45, 7) is 7.16. The number of nitrogens with zero attached hydrogens (tertiary/aromatic N) is 1. The Morgan fingerprint density at radius 3 is 2.50 bits per heavy atom. The Balaban J connectivity index is 4.60. The van der Waals surface area contributed by atoms with Crippen LogP contribution in [0.3, 0.4) is 0 Å². The summed E-state index contributed by atoms with van der Waals surface area (Å²) in [5.41, 5.74) is 0. The van der Waals surface area contributed by atoms with E-state index in [0.29, 0.717) is 6.42 Å². The van der Waals surface area contributed by atoms with Crippen LogP contribution in [0.4, 0.5) is 4.79 Å². The summed E-state index contributed by atoms with van der Waals surface area (Å²) >= 11 is 0. The lowest BCUT2D eigenvalue weighted by atomic mass is 9.98. The van der Waals surface area contributed by atoms with Gasteiger partial charge in [0, 0.05) is 7.05 Å². The van der Waals surface area contributed by atoms with Gasteiger partial charge < -0.3 is 9.84 Å². The van der Waals surface area contributed by atoms with Gasteiger partial charge in [-0.1, -0.05) is 32.9 Å². The van der Waals surface area contributed by atoms with E-state index < -0.39 is 18.1 Å². The van der Waals surface area contributed by atoms with Crippen LogP contribution in [0, 0.1) is 5.92 Å². The predicted molar refractivity (Wildman–Crippen MR) is 60.2 cm³/mol. The van der Waals surface area contributed by atoms with Gasteiger partial charge in [-0.15, -0.1) is 0 Å². The van der Waals surface area contributed by atoms with Gasteiger partial charge in [0.05, 0.1) is 0 Å². The summed E-state index contributed by atoms with van der Waals surface area (Å²) in [5.74, 6) is -1.15. The Bertz CT molecular complexity index is 265. The maximum Gasteiger partial charge on any atom is 0.410 e. The van der Waals surface area contributed by atoms with Crippen LogP contribution in [0.15, 0.2) is 12.7 Å². The molecule has 2 atom stereocenters. The molecule has 0 saturated carbocycles. The van der Waals surface area contributed by atoms with Gasteiger partial charge in [-0.3, -0.25) is 4.90 Å². The topological polar surface area (TPSA) is 66.8 Å². The molecule has 5 nitrogen and oxygen atoms in total. The number of carbonyl (C=O) groups excluding carboxylic acids is 1. The molecule has 0 bridgehead atoms. The molecule has 0 aromatic heterocycles. The van der Waals surface area contributed by atoms with Crippen molar-refractivity contribution in [1.29, 1.82) is 0 Å². The Hall–Kier alpha value is -1.52. The average Bonchev–Trinajstić information content (AvgIpc) is 2.24. The smallest absolute Gasteiger partial charge is 0.410 e. The predicted octanol–water partition coefficient (Wildman–Crippen LogP) is 1.74. The molecule has 92 valence electrons. The maximum atomic E-state index is 11.5. The number of hydrogen-bond acceptors (Lipinski definition) is 3. The van der Waals surface area contributed by atoms with Crippen molar-refractivity contribution in [2.75, 3.05) is 13.7 Å². The van der Waals surface area contributed by atoms with E-state index in [2.05, 4.69) is 6.58 Å². The first-order chi connectivity index (χ1) is 7.45. The zero-order valence-corrected chi connectivity index (χ0v) is 9.97. The molecular weight excluding hydrogens is 210 g/mol. The van der Waals surface area contributed by atoms with Crippen molar-refractivity contribution < 1.29 is 19.4 Å². The highest BCUT2D eigenvalue weighted by Crippen LogP contribution is 2.14. The lowest BCUT2D eigenvalue weighted by molar-refractivity contribution is -0.144. The van der Waals surface area contributed by atoms with Crippen molar-refractivity contribution in [3.63, 3.8) is 0 Å². The third-order valence-corrected chi connectivity index (χ3v) is 2.47. The Morgan fingerprint density at radius 1 is 1.56 bits per heavy atom. The molecule has 0 fully saturated rings. The summed E-state index contributed by atoms with van der Waals surface area (Å²) in [6, 6.07) is -0.859. The molecule has 0 heterocycles. The maximum absolute atomic E-state index is 11.5. The minimum atomic E-state index is -1.02. The number of carboxylic acids is 1. The van der Waals surface area contributed by atoms with Crippen molar-refractivity contribution in [1.82, 2.24) is 4.90 Å². The molecule has 1 N–H and O–H groups in total. The molecule has 16 heavy (non-hydrogen) atoms. The van der Waals surface area contributed by atoms with E-state index in [-0.39, 0.29) is 12.5 Å². The minimum Gasteiger partial charge on any atom is -0.480 e. The van der Waals surface area contributed by atoms with Gasteiger partial charge in [0.15, 0.2) is 0 Å². The molecule has 0 saturated heterocycles. The van der Waals surface area contributed by atoms with Gasteiger partial charge in [-0.2, -0.15) is 0 Å². The molecule has 0 rings (SSSR count). The summed E-state index contributed by atoms with van der Waals surface area (Å²) in [7, 11) is 1.43. The standard InChI is InChI=1S/C11H19NO4/c1-5-7-16-11(15)12(4)9(10(13)14)8(3)6-2/h5,8-9H,1,6-7H2,2-4H3,(H,13,14). The number of carbonyl (C=O) groups is 2. The molecule has 0 aromatic carbocycles. The molecule has 2 unspecified atom stereocenters. The number of likely N-dealkylation sites (N-methyl/N-ethyl adjacent to an activating group) is 1. The van der Waals surface area contributed by atoms with E-state index in [9.17, 15) is 9.59 Å². The van der Waals surface area contributed by atoms with Crippen molar-refractivity contribution in [3.8, 4) is 0 Å². The molecule has 0 spiro atoms. The van der Waals surface area contributed by atoms with Crippen LogP contribution >= 0.6 is 0 Å². The molecular formula is C11H19NO4. The van der Waals surface area contributed by atoms with E-state index in [4.69, 9.17) is 9.84 Å². The zero-order chi connectivity index (χ0) is 12.7. The molecule has 1 amide bonds. The molecule has 0 aliphatic heterocycles. The van der Waals surface area contributed by atoms with E-state index in [1.807, 2.05) is 6.92 Å². The molecule has 5 heteroatoms. The summed E-state index contributed by atoms with van der Waals surface area (Å²) in [4.78, 5) is 23.6. The summed E-state index contributed by atoms with van der Waals surface area (Å²) < 4.78 is 4.78. The highest BCUT2D eigenvalue weighted by molar-refractivity contribution is 5.80. The molecule has 0 aromatic rings. The normalized spacial score (nSPS) is 13.7. The molecule has 0 aliphatic rings. The number of ether oxygens (including phenoxy) is 1. The molecule has 0 aliphatic carbocycles. The van der Waals surface area contributed by atoms with Gasteiger partial charge in [-0.25, -0.2) is 9.59 Å². The van der Waals surface area contributed by atoms with Crippen LogP contribution in [-0.4, -0.2) is 41.8 Å². The number of amides is 1. The third-order valence-electron chi connectivity index (χ3n) is 2.47. The van der Waals surface area contributed by atoms with Crippen LogP contribution in [0.2, 0.25) is 0 Å². The van der Waals surface area contributed by atoms with E-state index in [1.165, 1.54) is 13.1 Å². The highest BCUT2D eigenvalue weighted by atomic mass is 16.6. The number of aliphatic carboxylic acids is 1. The summed E-state index contributed by atoms with van der Waals surface area (Å²) in [5, 5.41) is 9.05. The second-order valence-corrected chi connectivity index (χ2v) is 3.65. The van der Waals surface area contributed by atoms with E-state index in [0.717, 1.165) is 4.90 Å². The van der Waals surface area contributed by atoms with Crippen LogP contribution in [0.5, 0.6) is 0 Å². The fraction of sp³-hybridized carbons (Fsp3) is 0.636. The highest BCUT2D eigenvalue weighted by Gasteiger charge is 2.31. The van der Waals surface area contributed by atoms with Crippen LogP contribution in [0.1, 0.15) is 20.3 Å². The van der Waals surface area contributed by atoms with Crippen LogP contribution in [0.25, 0.3) is 0 Å². The van der Waals surface area contributed by atoms with Crippen molar-refractivity contribution >= 4 is 12.1 Å². The SMILES string of the molecule is C=CCOC(=O)N(C)C(C(=O)O)C(C)CC. The van der Waals surface area contributed by atoms with Crippen molar-refractivity contribution in [2.45, 2.75) is 26.3 Å². The fourth-order valence-corrected chi connectivity index (χ4v) is 1.36. The lowest BCUT2D eigenvalue weighted by Gasteiger charge is -2.28. The Labute approximate surface area is 95.7 Å². The van der Waals surface area contributed by atoms with Gasteiger partial charge in [0.2, 0.25) is 0 Å². The van der Waals surface area contributed by atoms with Gasteiger partial charge >= 0.3 is 12.1 Å². The van der Waals surface area contributed by atoms with Gasteiger partial charge in [-0.05, 0) is 5.92 Å². The minimum absolute atomic E-state index is 0.0794.